The second kappa shape index (κ2) is 36.7. The van der Waals surface area contributed by atoms with Crippen molar-refractivity contribution in [2.45, 2.75) is 99.2 Å². The van der Waals surface area contributed by atoms with Gasteiger partial charge in [-0.3, -0.25) is 0 Å². The maximum Gasteiger partial charge on any atom is 0.500 e. The second-order valence-corrected chi connectivity index (χ2v) is 37.0. The van der Waals surface area contributed by atoms with Crippen molar-refractivity contribution in [2.24, 2.45) is 0 Å². The van der Waals surface area contributed by atoms with Gasteiger partial charge in [0.05, 0.1) is 51.3 Å². The molecule has 3 atom stereocenters. The molecule has 0 saturated carbocycles. The number of ether oxygens (including phenoxy) is 3. The Morgan fingerprint density at radius 3 is 0.920 bits per heavy atom. The molecule has 0 radical (unpaired) electrons. The Labute approximate surface area is 457 Å². The van der Waals surface area contributed by atoms with E-state index in [2.05, 4.69) is 14.7 Å². The van der Waals surface area contributed by atoms with Crippen molar-refractivity contribution in [3.05, 3.63) is 0 Å². The van der Waals surface area contributed by atoms with Gasteiger partial charge in [-0.2, -0.15) is 0 Å². The Hall–Kier alpha value is 0.341. The lowest BCUT2D eigenvalue weighted by atomic mass is 10.2. The number of hydrogen-bond donors (Lipinski definition) is 0. The lowest BCUT2D eigenvalue weighted by molar-refractivity contribution is -0.109. The first-order valence-corrected chi connectivity index (χ1v) is 38.0. The first-order valence-electron chi connectivity index (χ1n) is 26.4. The molecular weight excluding hydrogens is 1090 g/mol. The van der Waals surface area contributed by atoms with Crippen molar-refractivity contribution in [3.8, 4) is 0 Å². The van der Waals surface area contributed by atoms with Crippen LogP contribution in [-0.2, 0) is 93.9 Å². The van der Waals surface area contributed by atoms with Crippen LogP contribution in [0.15, 0.2) is 0 Å². The van der Waals surface area contributed by atoms with Crippen molar-refractivity contribution in [1.82, 2.24) is 14.7 Å². The molecule has 3 fully saturated rings. The van der Waals surface area contributed by atoms with Gasteiger partial charge < -0.3 is 109 Å². The van der Waals surface area contributed by atoms with Crippen LogP contribution in [0, 0.1) is 0 Å². The summed E-state index contributed by atoms with van der Waals surface area (Å²) >= 11 is 0. The van der Waals surface area contributed by atoms with E-state index in [-0.39, 0.29) is 45.2 Å². The lowest BCUT2D eigenvalue weighted by Crippen LogP contribution is -2.54. The smallest absolute Gasteiger partial charge is 0.377 e. The van der Waals surface area contributed by atoms with Gasteiger partial charge in [-0.25, -0.2) is 0 Å². The molecule has 0 amide bonds. The van der Waals surface area contributed by atoms with E-state index >= 15 is 0 Å². The number of rotatable bonds is 38. The summed E-state index contributed by atoms with van der Waals surface area (Å²) in [6.45, 7) is 7.82. The Kier molecular flexibility index (Phi) is 34.1. The molecule has 0 aliphatic carbocycles. The summed E-state index contributed by atoms with van der Waals surface area (Å²) in [5.74, 6) is 0. The summed E-state index contributed by atoms with van der Waals surface area (Å²) < 4.78 is 128. The van der Waals surface area contributed by atoms with Crippen LogP contribution in [0.4, 0.5) is 0 Å². The molecule has 24 nitrogen and oxygen atoms in total. The first kappa shape index (κ1) is 69.6. The monoisotopic (exact) mass is 1190 g/mol. The van der Waals surface area contributed by atoms with E-state index in [0.29, 0.717) is 55.9 Å². The quantitative estimate of drug-likeness (QED) is 0.0815. The van der Waals surface area contributed by atoms with Gasteiger partial charge in [-0.15, -0.1) is 0 Å². The molecule has 0 spiro atoms. The summed E-state index contributed by atoms with van der Waals surface area (Å²) in [5, 5.41) is 0. The highest BCUT2D eigenvalue weighted by atomic mass is 28.4. The molecule has 3 rings (SSSR count). The standard InChI is InChI=1S/C45H101N3O21Si6/c1-49-70(50-2,51-3)28-16-22-46-25-19-31-73(58-10,59-11)67-42(34-46)37-64-39-45(66-41-44-36-48(24-18-30-72(55-7,56-8)57-9)27-21-33-75(62-14,63-15)69-44)40-65-38-43-35-47(23-17-29-71(52-4,53-5)54-6)26-20-32-74(60-12,61-13)68-43/h42-45H,16-41H2,1-15H3. The van der Waals surface area contributed by atoms with Crippen molar-refractivity contribution in [3.63, 3.8) is 0 Å². The molecule has 3 unspecified atom stereocenters. The van der Waals surface area contributed by atoms with E-state index in [9.17, 15) is 0 Å². The molecule has 3 aliphatic heterocycles. The van der Waals surface area contributed by atoms with Crippen LogP contribution < -0.4 is 0 Å². The fourth-order valence-corrected chi connectivity index (χ4v) is 21.5. The minimum absolute atomic E-state index is 0.194. The zero-order chi connectivity index (χ0) is 55.3. The maximum absolute atomic E-state index is 6.84. The van der Waals surface area contributed by atoms with E-state index in [1.807, 2.05) is 0 Å². The predicted octanol–water partition coefficient (Wildman–Crippen LogP) is 3.18. The van der Waals surface area contributed by atoms with E-state index in [1.54, 1.807) is 107 Å². The third-order valence-electron chi connectivity index (χ3n) is 14.6. The first-order chi connectivity index (χ1) is 36.2. The third kappa shape index (κ3) is 22.6. The summed E-state index contributed by atoms with van der Waals surface area (Å²) in [6, 6.07) is 4.06. The van der Waals surface area contributed by atoms with Gasteiger partial charge in [0.1, 0.15) is 6.10 Å². The molecule has 3 heterocycles. The van der Waals surface area contributed by atoms with E-state index in [1.165, 1.54) is 0 Å². The predicted molar refractivity (Wildman–Crippen MR) is 292 cm³/mol. The molecular formula is C45H101N3O21Si6. The third-order valence-corrected chi connectivity index (χ3v) is 31.8. The highest BCUT2D eigenvalue weighted by Crippen LogP contribution is 2.27. The van der Waals surface area contributed by atoms with Crippen LogP contribution in [0.1, 0.15) is 38.5 Å². The summed E-state index contributed by atoms with van der Waals surface area (Å²) in [5.41, 5.74) is 0. The zero-order valence-corrected chi connectivity index (χ0v) is 54.6. The van der Waals surface area contributed by atoms with Gasteiger partial charge in [0.25, 0.3) is 0 Å². The minimum atomic E-state index is -3.02. The largest absolute Gasteiger partial charge is 0.500 e. The van der Waals surface area contributed by atoms with E-state index < -0.39 is 65.0 Å². The summed E-state index contributed by atoms with van der Waals surface area (Å²) in [7, 11) is 7.55. The average molecular weight is 1190 g/mol. The zero-order valence-electron chi connectivity index (χ0n) is 48.6. The minimum Gasteiger partial charge on any atom is -0.377 e. The van der Waals surface area contributed by atoms with Crippen molar-refractivity contribution in [2.75, 3.05) is 199 Å². The molecule has 75 heavy (non-hydrogen) atoms. The molecule has 30 heteroatoms. The van der Waals surface area contributed by atoms with Crippen LogP contribution in [0.5, 0.6) is 0 Å². The van der Waals surface area contributed by atoms with Crippen LogP contribution in [0.2, 0.25) is 36.3 Å². The number of hydrogen-bond acceptors (Lipinski definition) is 24. The van der Waals surface area contributed by atoms with Crippen molar-refractivity contribution in [1.29, 1.82) is 0 Å². The molecule has 446 valence electrons. The van der Waals surface area contributed by atoms with Crippen LogP contribution >= 0.6 is 0 Å². The topological polar surface area (TPSA) is 204 Å². The lowest BCUT2D eigenvalue weighted by Gasteiger charge is -2.38. The fourth-order valence-electron chi connectivity index (χ4n) is 10.0. The van der Waals surface area contributed by atoms with Crippen LogP contribution in [-0.4, -0.2) is 291 Å². The summed E-state index contributed by atoms with van der Waals surface area (Å²) in [4.78, 5) is 7.18. The van der Waals surface area contributed by atoms with Crippen LogP contribution in [0.25, 0.3) is 0 Å². The molecule has 3 aliphatic rings. The Bertz CT molecular complexity index is 1370. The van der Waals surface area contributed by atoms with E-state index in [4.69, 9.17) is 93.9 Å². The van der Waals surface area contributed by atoms with Crippen LogP contribution in [0.3, 0.4) is 0 Å². The average Bonchev–Trinajstić information content (AvgIpc) is 3.42. The van der Waals surface area contributed by atoms with Gasteiger partial charge in [-0.05, 0) is 77.8 Å². The Morgan fingerprint density at radius 2 is 0.667 bits per heavy atom. The fraction of sp³-hybridized carbons (Fsp3) is 1.00. The van der Waals surface area contributed by atoms with E-state index in [0.717, 1.165) is 77.8 Å². The second-order valence-electron chi connectivity index (χ2n) is 18.9. The van der Waals surface area contributed by atoms with Crippen molar-refractivity contribution >= 4 is 52.8 Å². The Balaban J connectivity index is 1.87. The molecule has 0 aromatic heterocycles. The maximum atomic E-state index is 6.84. The summed E-state index contributed by atoms with van der Waals surface area (Å²) in [6.07, 6.45) is 3.41. The molecule has 0 N–H and O–H groups in total. The van der Waals surface area contributed by atoms with Gasteiger partial charge in [0, 0.05) is 163 Å². The molecule has 3 saturated heterocycles. The number of nitrogens with zero attached hydrogens (tertiary/aromatic N) is 3. The highest BCUT2D eigenvalue weighted by molar-refractivity contribution is 6.62. The van der Waals surface area contributed by atoms with Gasteiger partial charge in [0.15, 0.2) is 0 Å². The molecule has 0 bridgehead atoms. The normalized spacial score (nSPS) is 23.5. The van der Waals surface area contributed by atoms with Gasteiger partial charge in [0.2, 0.25) is 0 Å². The Morgan fingerprint density at radius 1 is 0.400 bits per heavy atom. The SMILES string of the molecule is CO[Si](CCCN1CCC[Si](OC)(OC)OC(COCC(COCC2CN(CCC[Si](OC)(OC)OC)CCC[Si](OC)(OC)O2)OCC2CN(CCC[Si](OC)(OC)OC)CCC[Si](OC)(OC)O2)C1)(OC)OC. The molecule has 0 aromatic carbocycles. The molecule has 0 aromatic rings. The highest BCUT2D eigenvalue weighted by Gasteiger charge is 2.47. The van der Waals surface area contributed by atoms with Gasteiger partial charge >= 0.3 is 52.8 Å². The van der Waals surface area contributed by atoms with Gasteiger partial charge in [-0.1, -0.05) is 0 Å². The van der Waals surface area contributed by atoms with Crippen molar-refractivity contribution < 1.29 is 93.9 Å².